The summed E-state index contributed by atoms with van der Waals surface area (Å²) < 4.78 is 1.52. The third kappa shape index (κ3) is 1.24. The Morgan fingerprint density at radius 3 is 2.83 bits per heavy atom. The second kappa shape index (κ2) is 2.89. The minimum atomic E-state index is 0.00935. The van der Waals surface area contributed by atoms with Crippen molar-refractivity contribution in [2.45, 2.75) is 6.92 Å². The van der Waals surface area contributed by atoms with Crippen molar-refractivity contribution in [3.8, 4) is 0 Å². The van der Waals surface area contributed by atoms with Crippen molar-refractivity contribution < 1.29 is 0 Å². The molecule has 0 aliphatic rings. The van der Waals surface area contributed by atoms with Gasteiger partial charge >= 0.3 is 76.1 Å². The molecule has 2 aromatic rings. The van der Waals surface area contributed by atoms with Crippen LogP contribution in [0.1, 0.15) is 5.56 Å². The van der Waals surface area contributed by atoms with Gasteiger partial charge in [0.1, 0.15) is 0 Å². The molecule has 0 aliphatic heterocycles. The van der Waals surface area contributed by atoms with Gasteiger partial charge in [0.2, 0.25) is 0 Å². The fraction of sp³-hybridized carbons (Fsp3) is 0.100. The monoisotopic (exact) mass is 224 g/mol. The van der Waals surface area contributed by atoms with Crippen molar-refractivity contribution in [3.63, 3.8) is 0 Å². The van der Waals surface area contributed by atoms with Crippen LogP contribution in [-0.2, 0) is 0 Å². The number of benzene rings is 1. The molecule has 0 saturated carbocycles. The second-order valence-electron chi connectivity index (χ2n) is 2.75. The molecule has 12 heavy (non-hydrogen) atoms. The molecule has 0 saturated heterocycles. The number of rotatable bonds is 0. The normalized spacial score (nSPS) is 10.4. The zero-order valence-electron chi connectivity index (χ0n) is 6.70. The average Bonchev–Trinajstić information content (AvgIpc) is 2.07. The molecule has 1 heterocycles. The molecule has 60 valence electrons. The van der Waals surface area contributed by atoms with E-state index in [-0.39, 0.29) is 18.8 Å². The first-order chi connectivity index (χ1) is 5.77. The summed E-state index contributed by atoms with van der Waals surface area (Å²) in [6, 6.07) is 9.75. The van der Waals surface area contributed by atoms with Crippen LogP contribution in [0.5, 0.6) is 0 Å². The van der Waals surface area contributed by atoms with Gasteiger partial charge < -0.3 is 0 Å². The van der Waals surface area contributed by atoms with Crippen molar-refractivity contribution in [2.24, 2.45) is 0 Å². The van der Waals surface area contributed by atoms with Crippen LogP contribution in [-0.4, -0.2) is 14.5 Å². The quantitative estimate of drug-likeness (QED) is 0.619. The maximum absolute atomic E-state index is 11.1. The maximum atomic E-state index is 11.1. The van der Waals surface area contributed by atoms with Gasteiger partial charge in [0, 0.05) is 0 Å². The SMILES string of the molecule is Cc1cccc2ccc(=O)[se]c12. The van der Waals surface area contributed by atoms with Gasteiger partial charge in [-0.3, -0.25) is 0 Å². The Bertz CT molecular complexity index is 470. The molecule has 0 unspecified atom stereocenters. The van der Waals surface area contributed by atoms with E-state index in [9.17, 15) is 4.79 Å². The molecule has 0 amide bonds. The Morgan fingerprint density at radius 2 is 2.00 bits per heavy atom. The fourth-order valence-electron chi connectivity index (χ4n) is 1.24. The molecule has 2 rings (SSSR count). The van der Waals surface area contributed by atoms with E-state index in [1.54, 1.807) is 6.07 Å². The van der Waals surface area contributed by atoms with Gasteiger partial charge in [-0.1, -0.05) is 0 Å². The van der Waals surface area contributed by atoms with Crippen LogP contribution >= 0.6 is 0 Å². The molecule has 0 bridgehead atoms. The molecule has 0 atom stereocenters. The summed E-state index contributed by atoms with van der Waals surface area (Å²) in [5, 5.41) is 1.22. The van der Waals surface area contributed by atoms with E-state index < -0.39 is 0 Å². The van der Waals surface area contributed by atoms with Crippen LogP contribution in [0.25, 0.3) is 9.65 Å². The summed E-state index contributed by atoms with van der Waals surface area (Å²) in [6.45, 7) is 2.06. The van der Waals surface area contributed by atoms with Gasteiger partial charge in [0.25, 0.3) is 0 Å². The van der Waals surface area contributed by atoms with Crippen LogP contribution < -0.4 is 4.30 Å². The Kier molecular flexibility index (Phi) is 1.87. The number of hydrogen-bond acceptors (Lipinski definition) is 1. The molecule has 2 heteroatoms. The van der Waals surface area contributed by atoms with Crippen LogP contribution in [0.15, 0.2) is 35.1 Å². The summed E-state index contributed by atoms with van der Waals surface area (Å²) in [5.74, 6) is 0. The van der Waals surface area contributed by atoms with Crippen molar-refractivity contribution in [1.29, 1.82) is 0 Å². The predicted molar refractivity (Wildman–Crippen MR) is 51.9 cm³/mol. The van der Waals surface area contributed by atoms with Crippen LogP contribution in [0.3, 0.4) is 0 Å². The van der Waals surface area contributed by atoms with E-state index in [4.69, 9.17) is 0 Å². The summed E-state index contributed by atoms with van der Waals surface area (Å²) in [5.41, 5.74) is 1.24. The van der Waals surface area contributed by atoms with Crippen molar-refractivity contribution in [2.75, 3.05) is 0 Å². The number of fused-ring (bicyclic) bond motifs is 1. The van der Waals surface area contributed by atoms with Crippen molar-refractivity contribution in [3.05, 3.63) is 45.0 Å². The Hall–Kier alpha value is -0.851. The molecule has 0 N–H and O–H groups in total. The fourth-order valence-corrected chi connectivity index (χ4v) is 2.96. The minimum absolute atomic E-state index is 0.00935. The molecule has 1 aromatic heterocycles. The number of aryl methyl sites for hydroxylation is 1. The molecule has 0 radical (unpaired) electrons. The average molecular weight is 223 g/mol. The second-order valence-corrected chi connectivity index (χ2v) is 4.88. The van der Waals surface area contributed by atoms with E-state index in [2.05, 4.69) is 19.1 Å². The standard InChI is InChI=1S/C10H8OSe/c1-7-3-2-4-8-5-6-9(11)12-10(7)8/h2-6H,1H3. The van der Waals surface area contributed by atoms with Gasteiger partial charge in [-0.05, 0) is 0 Å². The molecular weight excluding hydrogens is 215 g/mol. The van der Waals surface area contributed by atoms with Gasteiger partial charge in [-0.25, -0.2) is 0 Å². The van der Waals surface area contributed by atoms with Gasteiger partial charge in [-0.15, -0.1) is 0 Å². The Balaban J connectivity index is 2.97. The number of hydrogen-bond donors (Lipinski definition) is 0. The summed E-state index contributed by atoms with van der Waals surface area (Å²) in [4.78, 5) is 11.1. The first kappa shape index (κ1) is 7.78. The van der Waals surface area contributed by atoms with Gasteiger partial charge in [0.15, 0.2) is 0 Å². The van der Waals surface area contributed by atoms with Gasteiger partial charge in [-0.2, -0.15) is 0 Å². The van der Waals surface area contributed by atoms with E-state index >= 15 is 0 Å². The molecule has 0 aliphatic carbocycles. The third-order valence-corrected chi connectivity index (χ3v) is 4.15. The molecular formula is C10H8OSe. The van der Waals surface area contributed by atoms with Crippen LogP contribution in [0.4, 0.5) is 0 Å². The Morgan fingerprint density at radius 1 is 1.17 bits per heavy atom. The molecule has 0 fully saturated rings. The Labute approximate surface area is 76.4 Å². The topological polar surface area (TPSA) is 17.1 Å². The first-order valence-electron chi connectivity index (χ1n) is 3.77. The first-order valence-corrected chi connectivity index (χ1v) is 5.48. The molecule has 1 aromatic carbocycles. The van der Waals surface area contributed by atoms with Gasteiger partial charge in [0.05, 0.1) is 0 Å². The van der Waals surface area contributed by atoms with Crippen LogP contribution in [0, 0.1) is 6.92 Å². The van der Waals surface area contributed by atoms with E-state index in [0.717, 1.165) is 0 Å². The summed E-state index contributed by atoms with van der Waals surface area (Å²) >= 11 is 0.00935. The van der Waals surface area contributed by atoms with E-state index in [0.29, 0.717) is 0 Å². The predicted octanol–water partition coefficient (Wildman–Crippen LogP) is 1.57. The van der Waals surface area contributed by atoms with E-state index in [1.165, 1.54) is 15.2 Å². The summed E-state index contributed by atoms with van der Waals surface area (Å²) in [6.07, 6.45) is 0. The third-order valence-electron chi connectivity index (χ3n) is 1.84. The van der Waals surface area contributed by atoms with E-state index in [1.807, 2.05) is 12.1 Å². The zero-order chi connectivity index (χ0) is 8.55. The summed E-state index contributed by atoms with van der Waals surface area (Å²) in [7, 11) is 0. The van der Waals surface area contributed by atoms with Crippen molar-refractivity contribution in [1.82, 2.24) is 0 Å². The van der Waals surface area contributed by atoms with Crippen LogP contribution in [0.2, 0.25) is 0 Å². The zero-order valence-corrected chi connectivity index (χ0v) is 8.42. The van der Waals surface area contributed by atoms with Crippen molar-refractivity contribution >= 4 is 24.1 Å². The molecule has 0 spiro atoms. The molecule has 1 nitrogen and oxygen atoms in total.